The van der Waals surface area contributed by atoms with Gasteiger partial charge in [0.2, 0.25) is 0 Å². The number of hydrogen-bond acceptors (Lipinski definition) is 3. The molecular formula is C17H17N3S. The van der Waals surface area contributed by atoms with Crippen molar-refractivity contribution in [2.75, 3.05) is 11.9 Å². The van der Waals surface area contributed by atoms with Crippen molar-refractivity contribution in [3.05, 3.63) is 58.3 Å². The van der Waals surface area contributed by atoms with E-state index in [4.69, 9.17) is 5.10 Å². The van der Waals surface area contributed by atoms with Crippen LogP contribution >= 0.6 is 11.3 Å². The normalized spacial score (nSPS) is 17.3. The van der Waals surface area contributed by atoms with Crippen molar-refractivity contribution >= 4 is 17.2 Å². The molecule has 4 heteroatoms. The molecule has 1 atom stereocenters. The minimum Gasteiger partial charge on any atom is -0.370 e. The molecule has 0 bridgehead atoms. The first-order valence-corrected chi connectivity index (χ1v) is 8.14. The molecule has 0 aliphatic carbocycles. The molecule has 0 saturated carbocycles. The van der Waals surface area contributed by atoms with Gasteiger partial charge in [-0.1, -0.05) is 30.3 Å². The van der Waals surface area contributed by atoms with E-state index in [1.807, 2.05) is 17.4 Å². The van der Waals surface area contributed by atoms with Gasteiger partial charge in [0.25, 0.3) is 0 Å². The summed E-state index contributed by atoms with van der Waals surface area (Å²) in [5, 5.41) is 10.5. The summed E-state index contributed by atoms with van der Waals surface area (Å²) in [6.07, 6.45) is 1.09. The summed E-state index contributed by atoms with van der Waals surface area (Å²) < 4.78 is 2.16. The molecule has 1 aliphatic rings. The van der Waals surface area contributed by atoms with Gasteiger partial charge in [0.05, 0.1) is 11.7 Å². The summed E-state index contributed by atoms with van der Waals surface area (Å²) in [6.45, 7) is 3.19. The van der Waals surface area contributed by atoms with Gasteiger partial charge in [-0.3, -0.25) is 0 Å². The first-order chi connectivity index (χ1) is 10.3. The van der Waals surface area contributed by atoms with E-state index in [9.17, 15) is 0 Å². The zero-order chi connectivity index (χ0) is 14.2. The van der Waals surface area contributed by atoms with E-state index in [2.05, 4.69) is 58.7 Å². The van der Waals surface area contributed by atoms with Gasteiger partial charge < -0.3 is 5.32 Å². The van der Waals surface area contributed by atoms with E-state index in [0.29, 0.717) is 6.04 Å². The van der Waals surface area contributed by atoms with Crippen molar-refractivity contribution < 1.29 is 0 Å². The van der Waals surface area contributed by atoms with Crippen LogP contribution in [0.5, 0.6) is 0 Å². The van der Waals surface area contributed by atoms with Crippen LogP contribution < -0.4 is 5.32 Å². The summed E-state index contributed by atoms with van der Waals surface area (Å²) in [5.41, 5.74) is 3.58. The SMILES string of the molecule is Cc1ccsc1C1CCNc2cc(-c3ccccc3)nn21. The van der Waals surface area contributed by atoms with E-state index in [1.54, 1.807) is 0 Å². The third kappa shape index (κ3) is 2.16. The molecule has 21 heavy (non-hydrogen) atoms. The van der Waals surface area contributed by atoms with Crippen LogP contribution in [-0.2, 0) is 0 Å². The summed E-state index contributed by atoms with van der Waals surface area (Å²) in [6, 6.07) is 15.1. The molecule has 3 heterocycles. The highest BCUT2D eigenvalue weighted by atomic mass is 32.1. The summed E-state index contributed by atoms with van der Waals surface area (Å²) in [4.78, 5) is 1.43. The molecule has 2 aromatic heterocycles. The first kappa shape index (κ1) is 12.7. The molecule has 3 aromatic rings. The Morgan fingerprint density at radius 3 is 2.86 bits per heavy atom. The fourth-order valence-electron chi connectivity index (χ4n) is 2.94. The highest BCUT2D eigenvalue weighted by molar-refractivity contribution is 7.10. The van der Waals surface area contributed by atoms with Gasteiger partial charge in [-0.25, -0.2) is 4.68 Å². The fraction of sp³-hybridized carbons (Fsp3) is 0.235. The number of nitrogens with one attached hydrogen (secondary N) is 1. The number of hydrogen-bond donors (Lipinski definition) is 1. The highest BCUT2D eigenvalue weighted by Gasteiger charge is 2.25. The van der Waals surface area contributed by atoms with Crippen molar-refractivity contribution in [1.82, 2.24) is 9.78 Å². The lowest BCUT2D eigenvalue weighted by molar-refractivity contribution is 0.488. The monoisotopic (exact) mass is 295 g/mol. The molecule has 1 N–H and O–H groups in total. The Kier molecular flexibility index (Phi) is 3.04. The highest BCUT2D eigenvalue weighted by Crippen LogP contribution is 2.36. The van der Waals surface area contributed by atoms with E-state index >= 15 is 0 Å². The van der Waals surface area contributed by atoms with Gasteiger partial charge in [0, 0.05) is 23.1 Å². The quantitative estimate of drug-likeness (QED) is 0.763. The minimum absolute atomic E-state index is 0.360. The number of benzene rings is 1. The Bertz CT molecular complexity index is 757. The lowest BCUT2D eigenvalue weighted by atomic mass is 10.1. The number of thiophene rings is 1. The second-order valence-corrected chi connectivity index (χ2v) is 6.37. The number of rotatable bonds is 2. The van der Waals surface area contributed by atoms with E-state index in [0.717, 1.165) is 24.5 Å². The maximum Gasteiger partial charge on any atom is 0.125 e. The smallest absolute Gasteiger partial charge is 0.125 e. The maximum absolute atomic E-state index is 4.86. The molecule has 0 saturated heterocycles. The first-order valence-electron chi connectivity index (χ1n) is 7.26. The van der Waals surface area contributed by atoms with Crippen LogP contribution in [0.25, 0.3) is 11.3 Å². The van der Waals surface area contributed by atoms with Crippen molar-refractivity contribution in [1.29, 1.82) is 0 Å². The Morgan fingerprint density at radius 1 is 1.24 bits per heavy atom. The van der Waals surface area contributed by atoms with Crippen LogP contribution in [0.2, 0.25) is 0 Å². The second kappa shape index (κ2) is 5.04. The topological polar surface area (TPSA) is 29.9 Å². The van der Waals surface area contributed by atoms with Crippen molar-refractivity contribution in [2.24, 2.45) is 0 Å². The number of nitrogens with zero attached hydrogens (tertiary/aromatic N) is 2. The van der Waals surface area contributed by atoms with E-state index in [-0.39, 0.29) is 0 Å². The lowest BCUT2D eigenvalue weighted by Crippen LogP contribution is -2.24. The summed E-state index contributed by atoms with van der Waals surface area (Å²) in [7, 11) is 0. The molecule has 1 aliphatic heterocycles. The number of aromatic nitrogens is 2. The van der Waals surface area contributed by atoms with Crippen molar-refractivity contribution in [3.63, 3.8) is 0 Å². The van der Waals surface area contributed by atoms with Gasteiger partial charge >= 0.3 is 0 Å². The van der Waals surface area contributed by atoms with Crippen LogP contribution in [0.4, 0.5) is 5.82 Å². The Hall–Kier alpha value is -2.07. The Balaban J connectivity index is 1.79. The Labute approximate surface area is 128 Å². The zero-order valence-electron chi connectivity index (χ0n) is 11.9. The minimum atomic E-state index is 0.360. The van der Waals surface area contributed by atoms with Crippen LogP contribution in [0.3, 0.4) is 0 Å². The largest absolute Gasteiger partial charge is 0.370 e. The standard InChI is InChI=1S/C17H17N3S/c1-12-8-10-21-17(12)15-7-9-18-16-11-14(19-20(15)16)13-5-3-2-4-6-13/h2-6,8,10-11,15,18H,7,9H2,1H3. The zero-order valence-corrected chi connectivity index (χ0v) is 12.7. The summed E-state index contributed by atoms with van der Waals surface area (Å²) in [5.74, 6) is 1.12. The maximum atomic E-state index is 4.86. The third-order valence-corrected chi connectivity index (χ3v) is 5.15. The molecule has 106 valence electrons. The van der Waals surface area contributed by atoms with Crippen molar-refractivity contribution in [3.8, 4) is 11.3 Å². The van der Waals surface area contributed by atoms with Crippen LogP contribution in [-0.4, -0.2) is 16.3 Å². The molecule has 1 aromatic carbocycles. The third-order valence-electron chi connectivity index (χ3n) is 4.03. The summed E-state index contributed by atoms with van der Waals surface area (Å²) >= 11 is 1.84. The van der Waals surface area contributed by atoms with Gasteiger partial charge in [0.1, 0.15) is 5.82 Å². The molecule has 0 fully saturated rings. The average molecular weight is 295 g/mol. The molecule has 0 spiro atoms. The number of fused-ring (bicyclic) bond motifs is 1. The molecule has 3 nitrogen and oxygen atoms in total. The van der Waals surface area contributed by atoms with Gasteiger partial charge in [-0.05, 0) is 30.4 Å². The molecule has 1 unspecified atom stereocenters. The molecule has 0 radical (unpaired) electrons. The van der Waals surface area contributed by atoms with Gasteiger partial charge in [-0.2, -0.15) is 5.10 Å². The van der Waals surface area contributed by atoms with Crippen LogP contribution in [0.1, 0.15) is 22.9 Å². The van der Waals surface area contributed by atoms with Crippen LogP contribution in [0.15, 0.2) is 47.8 Å². The van der Waals surface area contributed by atoms with Crippen molar-refractivity contribution in [2.45, 2.75) is 19.4 Å². The van der Waals surface area contributed by atoms with Crippen LogP contribution in [0, 0.1) is 6.92 Å². The Morgan fingerprint density at radius 2 is 2.10 bits per heavy atom. The van der Waals surface area contributed by atoms with Gasteiger partial charge in [0.15, 0.2) is 0 Å². The van der Waals surface area contributed by atoms with Gasteiger partial charge in [-0.15, -0.1) is 11.3 Å². The second-order valence-electron chi connectivity index (χ2n) is 5.42. The number of aryl methyl sites for hydroxylation is 1. The number of anilines is 1. The predicted molar refractivity (Wildman–Crippen MR) is 88.0 cm³/mol. The predicted octanol–water partition coefficient (Wildman–Crippen LogP) is 4.33. The van der Waals surface area contributed by atoms with E-state index in [1.165, 1.54) is 16.0 Å². The molecule has 0 amide bonds. The fourth-order valence-corrected chi connectivity index (χ4v) is 3.99. The average Bonchev–Trinajstić information content (AvgIpc) is 3.14. The lowest BCUT2D eigenvalue weighted by Gasteiger charge is -2.25. The molecule has 4 rings (SSSR count). The molecular weight excluding hydrogens is 278 g/mol. The van der Waals surface area contributed by atoms with E-state index < -0.39 is 0 Å².